The first-order valence-corrected chi connectivity index (χ1v) is 11.1. The first kappa shape index (κ1) is 18.5. The molecule has 4 saturated carbocycles. The third kappa shape index (κ3) is 2.95. The molecule has 1 aromatic carbocycles. The molecular formula is C19H26ClNO4S. The van der Waals surface area contributed by atoms with Crippen molar-refractivity contribution in [2.75, 3.05) is 20.8 Å². The molecule has 1 aromatic rings. The summed E-state index contributed by atoms with van der Waals surface area (Å²) < 4.78 is 40.0. The fourth-order valence-electron chi connectivity index (χ4n) is 5.82. The molecule has 0 heterocycles. The van der Waals surface area contributed by atoms with Crippen molar-refractivity contribution < 1.29 is 17.9 Å². The number of hydrogen-bond acceptors (Lipinski definition) is 4. The van der Waals surface area contributed by atoms with E-state index in [1.165, 1.54) is 19.6 Å². The van der Waals surface area contributed by atoms with Gasteiger partial charge in [0.25, 0.3) is 0 Å². The molecule has 7 heteroatoms. The Bertz CT molecular complexity index is 767. The number of ether oxygens (including phenoxy) is 2. The normalized spacial score (nSPS) is 35.7. The predicted molar refractivity (Wildman–Crippen MR) is 100.0 cm³/mol. The van der Waals surface area contributed by atoms with Crippen molar-refractivity contribution in [2.24, 2.45) is 23.7 Å². The van der Waals surface area contributed by atoms with Crippen LogP contribution in [0.25, 0.3) is 0 Å². The lowest BCUT2D eigenvalue weighted by molar-refractivity contribution is -0.185. The van der Waals surface area contributed by atoms with E-state index in [0.717, 1.165) is 37.5 Å². The van der Waals surface area contributed by atoms with Crippen LogP contribution in [0.1, 0.15) is 32.1 Å². The molecule has 0 amide bonds. The van der Waals surface area contributed by atoms with E-state index in [1.54, 1.807) is 19.2 Å². The van der Waals surface area contributed by atoms with Crippen molar-refractivity contribution in [3.63, 3.8) is 0 Å². The molecule has 26 heavy (non-hydrogen) atoms. The van der Waals surface area contributed by atoms with Gasteiger partial charge < -0.3 is 9.47 Å². The molecule has 0 saturated heterocycles. The first-order valence-electron chi connectivity index (χ1n) is 9.26. The predicted octanol–water partition coefficient (Wildman–Crippen LogP) is 3.47. The van der Waals surface area contributed by atoms with Crippen molar-refractivity contribution in [3.8, 4) is 5.75 Å². The maximum Gasteiger partial charge on any atom is 0.244 e. The third-order valence-electron chi connectivity index (χ3n) is 6.85. The van der Waals surface area contributed by atoms with Gasteiger partial charge >= 0.3 is 0 Å². The molecule has 5 rings (SSSR count). The second-order valence-corrected chi connectivity index (χ2v) is 10.3. The van der Waals surface area contributed by atoms with Crippen LogP contribution in [0.3, 0.4) is 0 Å². The highest BCUT2D eigenvalue weighted by Gasteiger charge is 2.57. The van der Waals surface area contributed by atoms with Gasteiger partial charge in [-0.3, -0.25) is 0 Å². The molecule has 4 aliphatic rings. The Labute approximate surface area is 160 Å². The highest BCUT2D eigenvalue weighted by atomic mass is 35.5. The van der Waals surface area contributed by atoms with Gasteiger partial charge in [-0.05, 0) is 74.0 Å². The average molecular weight is 400 g/mol. The summed E-state index contributed by atoms with van der Waals surface area (Å²) >= 11 is 6.01. The maximum absolute atomic E-state index is 13.0. The van der Waals surface area contributed by atoms with Crippen LogP contribution >= 0.6 is 11.6 Å². The Kier molecular flexibility index (Phi) is 4.75. The highest BCUT2D eigenvalue weighted by Crippen LogP contribution is 2.59. The topological polar surface area (TPSA) is 64.6 Å². The Morgan fingerprint density at radius 3 is 2.27 bits per heavy atom. The Balaban J connectivity index is 1.58. The summed E-state index contributed by atoms with van der Waals surface area (Å²) in [6.45, 7) is 0.302. The lowest BCUT2D eigenvalue weighted by Gasteiger charge is -2.60. The van der Waals surface area contributed by atoms with Crippen LogP contribution in [0.5, 0.6) is 5.75 Å². The maximum atomic E-state index is 13.0. The molecule has 4 fully saturated rings. The van der Waals surface area contributed by atoms with E-state index in [9.17, 15) is 8.42 Å². The average Bonchev–Trinajstić information content (AvgIpc) is 2.61. The minimum absolute atomic E-state index is 0.0718. The fourth-order valence-corrected chi connectivity index (χ4v) is 7.33. The fraction of sp³-hybridized carbons (Fsp3) is 0.684. The van der Waals surface area contributed by atoms with Gasteiger partial charge in [-0.25, -0.2) is 13.1 Å². The number of methoxy groups -OCH3 is 2. The quantitative estimate of drug-likeness (QED) is 0.795. The smallest absolute Gasteiger partial charge is 0.244 e. The van der Waals surface area contributed by atoms with Gasteiger partial charge in [0.05, 0.1) is 12.7 Å². The minimum atomic E-state index is -3.75. The third-order valence-corrected chi connectivity index (χ3v) is 8.51. The summed E-state index contributed by atoms with van der Waals surface area (Å²) in [4.78, 5) is 0.0718. The highest BCUT2D eigenvalue weighted by molar-refractivity contribution is 7.89. The van der Waals surface area contributed by atoms with Gasteiger partial charge in [0.1, 0.15) is 10.6 Å². The zero-order valence-electron chi connectivity index (χ0n) is 15.2. The van der Waals surface area contributed by atoms with Gasteiger partial charge in [0, 0.05) is 18.7 Å². The number of sulfonamides is 1. The summed E-state index contributed by atoms with van der Waals surface area (Å²) in [5.74, 6) is 2.76. The molecular weight excluding hydrogens is 374 g/mol. The van der Waals surface area contributed by atoms with Crippen molar-refractivity contribution >= 4 is 21.6 Å². The summed E-state index contributed by atoms with van der Waals surface area (Å²) in [5.41, 5.74) is -0.397. The van der Waals surface area contributed by atoms with Crippen molar-refractivity contribution in [2.45, 2.75) is 42.6 Å². The molecule has 1 N–H and O–H groups in total. The van der Waals surface area contributed by atoms with E-state index < -0.39 is 15.6 Å². The second-order valence-electron chi connectivity index (χ2n) is 8.08. The second kappa shape index (κ2) is 6.66. The van der Waals surface area contributed by atoms with E-state index in [2.05, 4.69) is 4.72 Å². The molecule has 4 aliphatic carbocycles. The van der Waals surface area contributed by atoms with Gasteiger partial charge in [-0.15, -0.1) is 0 Å². The lowest BCUT2D eigenvalue weighted by Crippen LogP contribution is -2.63. The Hall–Kier alpha value is -0.820. The molecule has 0 unspecified atom stereocenters. The Morgan fingerprint density at radius 1 is 1.12 bits per heavy atom. The molecule has 144 valence electrons. The van der Waals surface area contributed by atoms with E-state index in [0.29, 0.717) is 29.2 Å². The van der Waals surface area contributed by atoms with Gasteiger partial charge in [0.15, 0.2) is 0 Å². The van der Waals surface area contributed by atoms with Crippen LogP contribution in [0.4, 0.5) is 0 Å². The number of halogens is 1. The van der Waals surface area contributed by atoms with Crippen LogP contribution in [0.2, 0.25) is 5.02 Å². The largest absolute Gasteiger partial charge is 0.495 e. The SMILES string of the molecule is COc1ccc(Cl)cc1S(=O)(=O)NCC1(OC)C2CC3CC(C2)CC1C3. The van der Waals surface area contributed by atoms with Crippen LogP contribution in [0, 0.1) is 23.7 Å². The molecule has 0 spiro atoms. The van der Waals surface area contributed by atoms with Crippen LogP contribution in [-0.2, 0) is 14.8 Å². The number of rotatable bonds is 6. The van der Waals surface area contributed by atoms with Crippen LogP contribution in [-0.4, -0.2) is 34.8 Å². The van der Waals surface area contributed by atoms with Gasteiger partial charge in [-0.1, -0.05) is 11.6 Å². The van der Waals surface area contributed by atoms with Gasteiger partial charge in [0.2, 0.25) is 10.0 Å². The van der Waals surface area contributed by atoms with E-state index >= 15 is 0 Å². The van der Waals surface area contributed by atoms with E-state index in [4.69, 9.17) is 21.1 Å². The van der Waals surface area contributed by atoms with Crippen molar-refractivity contribution in [1.29, 1.82) is 0 Å². The number of benzene rings is 1. The summed E-state index contributed by atoms with van der Waals surface area (Å²) in [5, 5.41) is 0.363. The lowest BCUT2D eigenvalue weighted by atomic mass is 9.50. The Morgan fingerprint density at radius 2 is 1.73 bits per heavy atom. The molecule has 0 aliphatic heterocycles. The molecule has 0 radical (unpaired) electrons. The van der Waals surface area contributed by atoms with Crippen LogP contribution < -0.4 is 9.46 Å². The van der Waals surface area contributed by atoms with Crippen LogP contribution in [0.15, 0.2) is 23.1 Å². The van der Waals surface area contributed by atoms with E-state index in [1.807, 2.05) is 0 Å². The molecule has 5 nitrogen and oxygen atoms in total. The number of hydrogen-bond donors (Lipinski definition) is 1. The van der Waals surface area contributed by atoms with Crippen molar-refractivity contribution in [1.82, 2.24) is 4.72 Å². The van der Waals surface area contributed by atoms with Crippen molar-refractivity contribution in [3.05, 3.63) is 23.2 Å². The first-order chi connectivity index (χ1) is 12.4. The van der Waals surface area contributed by atoms with Gasteiger partial charge in [-0.2, -0.15) is 0 Å². The summed E-state index contributed by atoms with van der Waals surface area (Å²) in [6, 6.07) is 4.62. The zero-order chi connectivity index (χ0) is 18.5. The molecule has 4 bridgehead atoms. The molecule has 0 aromatic heterocycles. The summed E-state index contributed by atoms with van der Waals surface area (Å²) in [7, 11) is -0.558. The zero-order valence-corrected chi connectivity index (χ0v) is 16.8. The molecule has 0 atom stereocenters. The summed E-state index contributed by atoms with van der Waals surface area (Å²) in [6.07, 6.45) is 5.97. The number of nitrogens with one attached hydrogen (secondary N) is 1. The standard InChI is InChI=1S/C19H26ClNO4S/c1-24-17-4-3-16(20)10-18(17)26(22,23)21-11-19(25-2)14-6-12-5-13(8-14)9-15(19)7-12/h3-4,10,12-15,21H,5-9,11H2,1-2H3. The monoisotopic (exact) mass is 399 g/mol. The minimum Gasteiger partial charge on any atom is -0.495 e. The van der Waals surface area contributed by atoms with E-state index in [-0.39, 0.29) is 4.90 Å².